The molecule has 15 heavy (non-hydrogen) atoms. The summed E-state index contributed by atoms with van der Waals surface area (Å²) in [6.45, 7) is 1.28. The highest BCUT2D eigenvalue weighted by Crippen LogP contribution is 2.05. The van der Waals surface area contributed by atoms with Crippen molar-refractivity contribution in [1.82, 2.24) is 4.57 Å². The number of aromatic nitrogens is 1. The van der Waals surface area contributed by atoms with E-state index in [-0.39, 0.29) is 17.8 Å². The molecular weight excluding hydrogens is 186 g/mol. The summed E-state index contributed by atoms with van der Waals surface area (Å²) in [4.78, 5) is 11.9. The molecule has 0 spiro atoms. The van der Waals surface area contributed by atoms with Crippen LogP contribution in [0.25, 0.3) is 5.69 Å². The molecule has 0 bridgehead atoms. The van der Waals surface area contributed by atoms with Gasteiger partial charge in [-0.1, -0.05) is 31.2 Å². The maximum Gasteiger partial charge on any atom is 0.255 e. The topological polar surface area (TPSA) is 22.0 Å². The van der Waals surface area contributed by atoms with Crippen molar-refractivity contribution in [1.29, 1.82) is 0 Å². The Labute approximate surface area is 94.4 Å². The summed E-state index contributed by atoms with van der Waals surface area (Å²) in [6.07, 6.45) is -2.13. The third-order valence-corrected chi connectivity index (χ3v) is 2.05. The van der Waals surface area contributed by atoms with Gasteiger partial charge in [-0.3, -0.25) is 9.36 Å². The lowest BCUT2D eigenvalue weighted by molar-refractivity contribution is 0.953. The first-order valence-electron chi connectivity index (χ1n) is 6.61. The van der Waals surface area contributed by atoms with Crippen LogP contribution in [0.1, 0.15) is 18.0 Å². The van der Waals surface area contributed by atoms with Crippen molar-refractivity contribution in [2.45, 2.75) is 13.3 Å². The normalized spacial score (nSPS) is 15.0. The van der Waals surface area contributed by atoms with E-state index in [9.17, 15) is 4.79 Å². The van der Waals surface area contributed by atoms with Gasteiger partial charge in [-0.15, -0.1) is 0 Å². The van der Waals surface area contributed by atoms with E-state index in [4.69, 9.17) is 5.48 Å². The standard InChI is InChI=1S/C13H13NO/c1-2-11-8-9-13(15)14(10-11)12-6-4-3-5-7-12/h3-10H,2H2,1H3/i2D2,8D,10D. The molecule has 0 unspecified atom stereocenters. The first-order chi connectivity index (χ1) is 8.82. The molecule has 1 heterocycles. The molecule has 2 rings (SSSR count). The van der Waals surface area contributed by atoms with E-state index in [1.54, 1.807) is 30.3 Å². The highest BCUT2D eigenvalue weighted by atomic mass is 16.1. The van der Waals surface area contributed by atoms with Crippen LogP contribution < -0.4 is 5.56 Å². The molecule has 1 aromatic carbocycles. The van der Waals surface area contributed by atoms with Gasteiger partial charge >= 0.3 is 0 Å². The third-order valence-electron chi connectivity index (χ3n) is 2.05. The van der Waals surface area contributed by atoms with Crippen molar-refractivity contribution in [3.63, 3.8) is 0 Å². The zero-order valence-corrected chi connectivity index (χ0v) is 8.32. The van der Waals surface area contributed by atoms with Crippen molar-refractivity contribution < 1.29 is 5.48 Å². The quantitative estimate of drug-likeness (QED) is 0.734. The van der Waals surface area contributed by atoms with E-state index in [2.05, 4.69) is 0 Å². The molecule has 1 aromatic heterocycles. The summed E-state index contributed by atoms with van der Waals surface area (Å²) < 4.78 is 32.2. The lowest BCUT2D eigenvalue weighted by atomic mass is 10.2. The second kappa shape index (κ2) is 4.13. The fourth-order valence-corrected chi connectivity index (χ4v) is 1.29. The van der Waals surface area contributed by atoms with Crippen LogP contribution in [0.15, 0.2) is 53.4 Å². The minimum absolute atomic E-state index is 0.0871. The number of hydrogen-bond donors (Lipinski definition) is 0. The Bertz CT molecular complexity index is 659. The number of benzene rings is 1. The van der Waals surface area contributed by atoms with Gasteiger partial charge < -0.3 is 0 Å². The predicted molar refractivity (Wildman–Crippen MR) is 61.4 cm³/mol. The monoisotopic (exact) mass is 203 g/mol. The molecule has 0 saturated heterocycles. The third kappa shape index (κ3) is 1.99. The SMILES string of the molecule is [2H]c1cc(=O)n(-c2ccccc2)c([2H])c1C([2H])([2H])C. The van der Waals surface area contributed by atoms with Gasteiger partial charge in [0.15, 0.2) is 0 Å². The van der Waals surface area contributed by atoms with Crippen molar-refractivity contribution in [2.24, 2.45) is 0 Å². The Hall–Kier alpha value is -1.83. The van der Waals surface area contributed by atoms with Gasteiger partial charge in [-0.2, -0.15) is 0 Å². The van der Waals surface area contributed by atoms with E-state index in [1.165, 1.54) is 6.92 Å². The zero-order valence-electron chi connectivity index (χ0n) is 12.3. The van der Waals surface area contributed by atoms with Crippen LogP contribution in [0.2, 0.25) is 0 Å². The first kappa shape index (κ1) is 5.91. The smallest absolute Gasteiger partial charge is 0.255 e. The van der Waals surface area contributed by atoms with Crippen LogP contribution in [-0.2, 0) is 6.37 Å². The number of nitrogens with zero attached hydrogens (tertiary/aromatic N) is 1. The van der Waals surface area contributed by atoms with Gasteiger partial charge in [0.2, 0.25) is 0 Å². The predicted octanol–water partition coefficient (Wildman–Crippen LogP) is 2.40. The Balaban J connectivity index is 2.81. The molecule has 0 atom stereocenters. The van der Waals surface area contributed by atoms with Gasteiger partial charge in [0.1, 0.15) is 0 Å². The Kier molecular flexibility index (Phi) is 1.63. The molecule has 0 N–H and O–H groups in total. The minimum Gasteiger partial charge on any atom is -0.284 e. The molecule has 0 amide bonds. The number of para-hydroxylation sites is 1. The van der Waals surface area contributed by atoms with Crippen molar-refractivity contribution in [2.75, 3.05) is 0 Å². The van der Waals surface area contributed by atoms with Crippen molar-refractivity contribution >= 4 is 0 Å². The summed E-state index contributed by atoms with van der Waals surface area (Å²) in [5.74, 6) is 0. The first-order valence-corrected chi connectivity index (χ1v) is 4.61. The van der Waals surface area contributed by atoms with Crippen LogP contribution in [-0.4, -0.2) is 4.57 Å². The molecule has 0 aliphatic carbocycles. The van der Waals surface area contributed by atoms with Gasteiger partial charge in [-0.05, 0) is 24.1 Å². The minimum atomic E-state index is -1.85. The van der Waals surface area contributed by atoms with Gasteiger partial charge in [0.05, 0.1) is 2.74 Å². The molecule has 2 nitrogen and oxygen atoms in total. The fourth-order valence-electron chi connectivity index (χ4n) is 1.29. The molecule has 2 heteroatoms. The Morgan fingerprint density at radius 3 is 2.73 bits per heavy atom. The van der Waals surface area contributed by atoms with Crippen LogP contribution in [0.4, 0.5) is 0 Å². The van der Waals surface area contributed by atoms with Crippen LogP contribution in [0, 0.1) is 0 Å². The van der Waals surface area contributed by atoms with Crippen LogP contribution in [0.5, 0.6) is 0 Å². The van der Waals surface area contributed by atoms with Crippen molar-refractivity contribution in [3.05, 3.63) is 64.5 Å². The molecule has 2 aromatic rings. The highest BCUT2D eigenvalue weighted by Gasteiger charge is 1.99. The molecule has 76 valence electrons. The highest BCUT2D eigenvalue weighted by molar-refractivity contribution is 5.32. The second-order valence-electron chi connectivity index (χ2n) is 3.03. The van der Waals surface area contributed by atoms with E-state index in [1.807, 2.05) is 0 Å². The average Bonchev–Trinajstić information content (AvgIpc) is 2.27. The number of rotatable bonds is 2. The van der Waals surface area contributed by atoms with Gasteiger partial charge in [-0.25, -0.2) is 0 Å². The maximum absolute atomic E-state index is 11.9. The molecule has 0 saturated carbocycles. The van der Waals surface area contributed by atoms with E-state index in [0.717, 1.165) is 10.6 Å². The molecule has 0 fully saturated rings. The number of hydrogen-bond acceptors (Lipinski definition) is 1. The van der Waals surface area contributed by atoms with Gasteiger partial charge in [0.25, 0.3) is 5.56 Å². The van der Waals surface area contributed by atoms with Crippen LogP contribution >= 0.6 is 0 Å². The summed E-state index contributed by atoms with van der Waals surface area (Å²) in [6, 6.07) is 9.38. The van der Waals surface area contributed by atoms with E-state index < -0.39 is 11.9 Å². The number of pyridine rings is 1. The summed E-state index contributed by atoms with van der Waals surface area (Å²) in [5, 5.41) is 0. The Morgan fingerprint density at radius 2 is 2.07 bits per heavy atom. The second-order valence-corrected chi connectivity index (χ2v) is 3.03. The molecule has 0 aliphatic rings. The summed E-state index contributed by atoms with van der Waals surface area (Å²) >= 11 is 0. The Morgan fingerprint density at radius 1 is 1.33 bits per heavy atom. The molecule has 0 radical (unpaired) electrons. The van der Waals surface area contributed by atoms with Gasteiger partial charge in [0, 0.05) is 20.7 Å². The van der Waals surface area contributed by atoms with Crippen molar-refractivity contribution in [3.8, 4) is 5.69 Å². The van der Waals surface area contributed by atoms with E-state index in [0.29, 0.717) is 5.69 Å². The lowest BCUT2D eigenvalue weighted by Crippen LogP contribution is -2.16. The summed E-state index contributed by atoms with van der Waals surface area (Å²) in [7, 11) is 0. The lowest BCUT2D eigenvalue weighted by Gasteiger charge is -2.06. The largest absolute Gasteiger partial charge is 0.284 e. The zero-order chi connectivity index (χ0) is 14.2. The molecular formula is C13H13NO. The average molecular weight is 203 g/mol. The molecule has 0 aliphatic heterocycles. The maximum atomic E-state index is 11.9. The van der Waals surface area contributed by atoms with Crippen LogP contribution in [0.3, 0.4) is 0 Å². The van der Waals surface area contributed by atoms with E-state index >= 15 is 0 Å². The summed E-state index contributed by atoms with van der Waals surface area (Å²) in [5.41, 5.74) is -0.104. The fraction of sp³-hybridized carbons (Fsp3) is 0.154.